The van der Waals surface area contributed by atoms with Gasteiger partial charge in [0.25, 0.3) is 0 Å². The van der Waals surface area contributed by atoms with Gasteiger partial charge >= 0.3 is 18.9 Å². The van der Waals surface area contributed by atoms with Gasteiger partial charge in [0.1, 0.15) is 0 Å². The average molecular weight is 94.5 g/mol. The van der Waals surface area contributed by atoms with Gasteiger partial charge < -0.3 is 11.6 Å². The van der Waals surface area contributed by atoms with Crippen LogP contribution < -0.4 is 18.9 Å². The molecule has 0 spiro atoms. The van der Waals surface area contributed by atoms with Gasteiger partial charge in [-0.05, 0) is 0 Å². The van der Waals surface area contributed by atoms with Crippen LogP contribution in [-0.2, 0) is 0 Å². The zero-order valence-corrected chi connectivity index (χ0v) is 4.50. The Labute approximate surface area is 55.4 Å². The van der Waals surface area contributed by atoms with Crippen LogP contribution in [0.2, 0.25) is 0 Å². The summed E-state index contributed by atoms with van der Waals surface area (Å²) in [5.41, 5.74) is 0. The molecule has 0 rings (SSSR count). The molecule has 0 aliphatic carbocycles. The fourth-order valence-corrected chi connectivity index (χ4v) is 0.134. The van der Waals surface area contributed by atoms with Crippen molar-refractivity contribution in [3.63, 3.8) is 0 Å². The zero-order valence-electron chi connectivity index (χ0n) is 3.74. The van der Waals surface area contributed by atoms with Gasteiger partial charge in [-0.2, -0.15) is 0 Å². The first-order chi connectivity index (χ1) is 2.41. The molecule has 0 N–H and O–H groups in total. The van der Waals surface area contributed by atoms with Crippen LogP contribution in [0.5, 0.6) is 0 Å². The van der Waals surface area contributed by atoms with Crippen molar-refractivity contribution < 1.29 is 18.9 Å². The minimum atomic E-state index is 0. The number of hydrogen-bond acceptors (Lipinski definition) is 0. The Morgan fingerprint density at radius 1 is 1.83 bits per heavy atom. The molecule has 0 aliphatic heterocycles. The summed E-state index contributed by atoms with van der Waals surface area (Å²) in [4.78, 5) is 0. The molecule has 0 aliphatic rings. The van der Waals surface area contributed by atoms with Crippen molar-refractivity contribution in [2.24, 2.45) is 0 Å². The van der Waals surface area contributed by atoms with Crippen molar-refractivity contribution in [3.05, 3.63) is 5.88 Å². The minimum absolute atomic E-state index is 0. The summed E-state index contributed by atoms with van der Waals surface area (Å²) in [5, 5.41) is 0. The van der Waals surface area contributed by atoms with E-state index in [0.29, 0.717) is 6.42 Å². The van der Waals surface area contributed by atoms with Crippen LogP contribution in [0.4, 0.5) is 0 Å². The first kappa shape index (κ1) is 9.67. The van der Waals surface area contributed by atoms with E-state index in [9.17, 15) is 0 Å². The van der Waals surface area contributed by atoms with E-state index in [1.807, 2.05) is 0 Å². The van der Waals surface area contributed by atoms with Crippen LogP contribution in [-0.4, -0.2) is 0 Å². The van der Waals surface area contributed by atoms with Gasteiger partial charge in [-0.3, -0.25) is 0 Å². The fraction of sp³-hybridized carbons (Fsp3) is 0.250. The van der Waals surface area contributed by atoms with Crippen molar-refractivity contribution >= 4 is 11.6 Å². The predicted octanol–water partition coefficient (Wildman–Crippen LogP) is -1.59. The van der Waals surface area contributed by atoms with Crippen molar-refractivity contribution in [2.45, 2.75) is 6.42 Å². The molecule has 0 radical (unpaired) electrons. The Morgan fingerprint density at radius 3 is 2.33 bits per heavy atom. The summed E-state index contributed by atoms with van der Waals surface area (Å²) < 4.78 is 0. The molecule has 28 valence electrons. The molecule has 0 aromatic heterocycles. The molecular formula is C4H4ClLi. The molecule has 0 aromatic carbocycles. The number of halogens is 1. The second-order valence-corrected chi connectivity index (χ2v) is 0.871. The monoisotopic (exact) mass is 94.0 g/mol. The molecule has 0 heterocycles. The Balaban J connectivity index is 0. The van der Waals surface area contributed by atoms with E-state index in [1.165, 1.54) is 5.88 Å². The Kier molecular flexibility index (Phi) is 14.6. The largest absolute Gasteiger partial charge is 1.00 e. The van der Waals surface area contributed by atoms with Crippen molar-refractivity contribution in [2.75, 3.05) is 0 Å². The molecule has 0 fully saturated rings. The maximum absolute atomic E-state index is 5.03. The number of terminal acetylenes is 1. The van der Waals surface area contributed by atoms with E-state index in [4.69, 9.17) is 18.0 Å². The zero-order chi connectivity index (χ0) is 4.12. The summed E-state index contributed by atoms with van der Waals surface area (Å²) in [6, 6.07) is 0. The predicted molar refractivity (Wildman–Crippen MR) is 23.6 cm³/mol. The summed E-state index contributed by atoms with van der Waals surface area (Å²) >= 11 is 5.03. The van der Waals surface area contributed by atoms with Crippen LogP contribution in [0.25, 0.3) is 0 Å². The van der Waals surface area contributed by atoms with Crippen molar-refractivity contribution in [3.8, 4) is 12.3 Å². The van der Waals surface area contributed by atoms with E-state index in [0.717, 1.165) is 0 Å². The first-order valence-corrected chi connectivity index (χ1v) is 1.71. The van der Waals surface area contributed by atoms with Crippen molar-refractivity contribution in [1.29, 1.82) is 0 Å². The third kappa shape index (κ3) is 8.82. The van der Waals surface area contributed by atoms with Crippen LogP contribution in [0.15, 0.2) is 0 Å². The quantitative estimate of drug-likeness (QED) is 0.209. The molecule has 0 saturated heterocycles. The Hall–Kier alpha value is 0.447. The second kappa shape index (κ2) is 9.07. The standard InChI is InChI=1S/C4H4Cl.Li/c1-2-3-4-5;/h1,4H,3H2;/q-1;+1. The third-order valence-corrected chi connectivity index (χ3v) is 0.349. The first-order valence-electron chi connectivity index (χ1n) is 1.27. The van der Waals surface area contributed by atoms with Crippen LogP contribution in [0.3, 0.4) is 0 Å². The van der Waals surface area contributed by atoms with Gasteiger partial charge in [0.2, 0.25) is 0 Å². The minimum Gasteiger partial charge on any atom is -0.348 e. The Morgan fingerprint density at radius 2 is 2.33 bits per heavy atom. The van der Waals surface area contributed by atoms with Crippen LogP contribution in [0, 0.1) is 18.2 Å². The van der Waals surface area contributed by atoms with Gasteiger partial charge in [-0.1, -0.05) is 0 Å². The maximum atomic E-state index is 5.03. The number of hydrogen-bond donors (Lipinski definition) is 0. The van der Waals surface area contributed by atoms with E-state index in [1.54, 1.807) is 0 Å². The molecule has 2 heteroatoms. The molecule has 0 unspecified atom stereocenters. The summed E-state index contributed by atoms with van der Waals surface area (Å²) in [6.07, 6.45) is 5.33. The van der Waals surface area contributed by atoms with E-state index in [2.05, 4.69) is 5.92 Å². The fourth-order valence-electron chi connectivity index (χ4n) is 0.0445. The van der Waals surface area contributed by atoms with E-state index < -0.39 is 0 Å². The van der Waals surface area contributed by atoms with Gasteiger partial charge in [-0.15, -0.1) is 18.8 Å². The molecular weight excluding hydrogens is 90.4 g/mol. The van der Waals surface area contributed by atoms with E-state index >= 15 is 0 Å². The third-order valence-electron chi connectivity index (χ3n) is 0.195. The smallest absolute Gasteiger partial charge is 0.348 e. The summed E-state index contributed by atoms with van der Waals surface area (Å²) in [7, 11) is 0. The molecule has 6 heavy (non-hydrogen) atoms. The normalized spacial score (nSPS) is 5.33. The maximum Gasteiger partial charge on any atom is 1.00 e. The SMILES string of the molecule is C#CC[CH-]Cl.[Li+]. The molecule has 0 bridgehead atoms. The average Bonchev–Trinajstić information content (AvgIpc) is 1.41. The van der Waals surface area contributed by atoms with Gasteiger partial charge in [0, 0.05) is 0 Å². The second-order valence-electron chi connectivity index (χ2n) is 0.563. The van der Waals surface area contributed by atoms with Gasteiger partial charge in [0.05, 0.1) is 0 Å². The Bertz CT molecular complexity index is 46.0. The van der Waals surface area contributed by atoms with E-state index in [-0.39, 0.29) is 18.9 Å². The molecule has 0 saturated carbocycles. The topological polar surface area (TPSA) is 0 Å². The summed E-state index contributed by atoms with van der Waals surface area (Å²) in [6.45, 7) is 0. The summed E-state index contributed by atoms with van der Waals surface area (Å²) in [5.74, 6) is 3.75. The molecule has 0 nitrogen and oxygen atoms in total. The van der Waals surface area contributed by atoms with Crippen molar-refractivity contribution in [1.82, 2.24) is 0 Å². The molecule has 0 atom stereocenters. The van der Waals surface area contributed by atoms with Gasteiger partial charge in [0.15, 0.2) is 0 Å². The van der Waals surface area contributed by atoms with Gasteiger partial charge in [-0.25, -0.2) is 5.88 Å². The molecule has 0 aromatic rings. The molecule has 0 amide bonds. The van der Waals surface area contributed by atoms with Crippen LogP contribution in [0.1, 0.15) is 6.42 Å². The van der Waals surface area contributed by atoms with Crippen LogP contribution >= 0.6 is 11.6 Å². The number of rotatable bonds is 1.